The molecule has 25 heavy (non-hydrogen) atoms. The Morgan fingerprint density at radius 2 is 1.88 bits per heavy atom. The van der Waals surface area contributed by atoms with E-state index in [1.165, 1.54) is 12.5 Å². The molecule has 2 N–H and O–H groups in total. The second kappa shape index (κ2) is 5.89. The average Bonchev–Trinajstić information content (AvgIpc) is 3.31. The lowest BCUT2D eigenvalue weighted by Crippen LogP contribution is -2.33. The molecule has 132 valence electrons. The summed E-state index contributed by atoms with van der Waals surface area (Å²) in [7, 11) is 0. The first kappa shape index (κ1) is 16.2. The van der Waals surface area contributed by atoms with Crippen LogP contribution in [0.5, 0.6) is 0 Å². The summed E-state index contributed by atoms with van der Waals surface area (Å²) >= 11 is 0. The van der Waals surface area contributed by atoms with Crippen molar-refractivity contribution in [2.45, 2.75) is 56.4 Å². The molecule has 1 aromatic carbocycles. The Hall–Kier alpha value is -2.31. The molecule has 4 rings (SSSR count). The van der Waals surface area contributed by atoms with Crippen molar-refractivity contribution in [3.63, 3.8) is 0 Å². The van der Waals surface area contributed by atoms with Crippen molar-refractivity contribution < 1.29 is 13.6 Å². The molecule has 1 amide bonds. The zero-order valence-electron chi connectivity index (χ0n) is 13.8. The van der Waals surface area contributed by atoms with Crippen LogP contribution in [0.15, 0.2) is 18.2 Å². The number of rotatable bonds is 4. The number of amides is 1. The Kier molecular flexibility index (Phi) is 3.81. The fourth-order valence-corrected chi connectivity index (χ4v) is 3.69. The zero-order chi connectivity index (χ0) is 17.6. The van der Waals surface area contributed by atoms with Gasteiger partial charge in [-0.05, 0) is 43.9 Å². The zero-order valence-corrected chi connectivity index (χ0v) is 13.8. The number of halogens is 2. The van der Waals surface area contributed by atoms with Crippen LogP contribution < -0.4 is 5.73 Å². The topological polar surface area (TPSA) is 73.8 Å². The summed E-state index contributed by atoms with van der Waals surface area (Å²) in [6.45, 7) is 0. The second-order valence-corrected chi connectivity index (χ2v) is 7.07. The molecule has 1 heterocycles. The summed E-state index contributed by atoms with van der Waals surface area (Å²) in [5.74, 6) is -1.36. The first-order chi connectivity index (χ1) is 12.0. The molecule has 0 radical (unpaired) electrons. The average molecular weight is 346 g/mol. The van der Waals surface area contributed by atoms with Crippen LogP contribution in [-0.4, -0.2) is 20.7 Å². The lowest BCUT2D eigenvalue weighted by molar-refractivity contribution is -0.120. The van der Waals surface area contributed by atoms with Crippen LogP contribution in [-0.2, 0) is 10.2 Å². The fraction of sp³-hybridized carbons (Fsp3) is 0.500. The van der Waals surface area contributed by atoms with E-state index in [-0.39, 0.29) is 6.04 Å². The third-order valence-electron chi connectivity index (χ3n) is 5.38. The van der Waals surface area contributed by atoms with E-state index in [2.05, 4.69) is 10.1 Å². The Morgan fingerprint density at radius 1 is 1.16 bits per heavy atom. The summed E-state index contributed by atoms with van der Waals surface area (Å²) in [6.07, 6.45) is 6.67. The number of nitrogens with zero attached hydrogens (tertiary/aromatic N) is 3. The molecule has 0 atom stereocenters. The van der Waals surface area contributed by atoms with Gasteiger partial charge in [0.05, 0.1) is 6.04 Å². The van der Waals surface area contributed by atoms with Gasteiger partial charge in [-0.15, -0.1) is 0 Å². The molecule has 0 aliphatic heterocycles. The Morgan fingerprint density at radius 3 is 2.48 bits per heavy atom. The van der Waals surface area contributed by atoms with Crippen LogP contribution in [0.3, 0.4) is 0 Å². The first-order valence-electron chi connectivity index (χ1n) is 8.74. The van der Waals surface area contributed by atoms with Gasteiger partial charge in [-0.1, -0.05) is 19.3 Å². The van der Waals surface area contributed by atoms with Gasteiger partial charge >= 0.3 is 0 Å². The minimum absolute atomic E-state index is 0.173. The predicted octanol–water partition coefficient (Wildman–Crippen LogP) is 3.25. The highest BCUT2D eigenvalue weighted by Crippen LogP contribution is 2.48. The molecule has 0 unspecified atom stereocenters. The van der Waals surface area contributed by atoms with Crippen LogP contribution in [0.25, 0.3) is 11.4 Å². The van der Waals surface area contributed by atoms with Gasteiger partial charge in [-0.3, -0.25) is 4.79 Å². The normalized spacial score (nSPS) is 19.8. The van der Waals surface area contributed by atoms with Crippen LogP contribution in [0.4, 0.5) is 8.78 Å². The number of hydrogen-bond donors (Lipinski definition) is 1. The number of primary amides is 1. The van der Waals surface area contributed by atoms with E-state index < -0.39 is 23.0 Å². The van der Waals surface area contributed by atoms with Crippen molar-refractivity contribution in [1.82, 2.24) is 14.8 Å². The maximum atomic E-state index is 13.6. The van der Waals surface area contributed by atoms with Gasteiger partial charge in [0.25, 0.3) is 0 Å². The third kappa shape index (κ3) is 2.71. The fourth-order valence-electron chi connectivity index (χ4n) is 3.69. The highest BCUT2D eigenvalue weighted by Gasteiger charge is 2.54. The van der Waals surface area contributed by atoms with Gasteiger partial charge in [-0.25, -0.2) is 18.4 Å². The molecule has 0 bridgehead atoms. The van der Waals surface area contributed by atoms with E-state index in [0.29, 0.717) is 30.1 Å². The van der Waals surface area contributed by atoms with Crippen LogP contribution >= 0.6 is 0 Å². The smallest absolute Gasteiger partial charge is 0.231 e. The lowest BCUT2D eigenvalue weighted by atomic mass is 9.95. The van der Waals surface area contributed by atoms with Gasteiger partial charge in [0.1, 0.15) is 11.2 Å². The largest absolute Gasteiger partial charge is 0.369 e. The highest BCUT2D eigenvalue weighted by molar-refractivity contribution is 5.89. The standard InChI is InChI=1S/C18H20F2N4O/c19-13-7-6-11(10-14(13)20)15-22-17(18(8-9-18)16(21)25)24(23-15)12-4-2-1-3-5-12/h6-7,10,12H,1-5,8-9H2,(H2,21,25). The molecule has 2 aromatic rings. The maximum absolute atomic E-state index is 13.6. The van der Waals surface area contributed by atoms with Crippen LogP contribution in [0, 0.1) is 11.6 Å². The lowest BCUT2D eigenvalue weighted by Gasteiger charge is -2.24. The first-order valence-corrected chi connectivity index (χ1v) is 8.74. The Bertz CT molecular complexity index is 822. The monoisotopic (exact) mass is 346 g/mol. The van der Waals surface area contributed by atoms with E-state index in [4.69, 9.17) is 5.73 Å². The van der Waals surface area contributed by atoms with Crippen molar-refractivity contribution in [1.29, 1.82) is 0 Å². The number of carbonyl (C=O) groups is 1. The number of aromatic nitrogens is 3. The second-order valence-electron chi connectivity index (χ2n) is 7.07. The summed E-state index contributed by atoms with van der Waals surface area (Å²) in [6, 6.07) is 3.77. The maximum Gasteiger partial charge on any atom is 0.231 e. The molecule has 7 heteroatoms. The SMILES string of the molecule is NC(=O)C1(c2nc(-c3ccc(F)c(F)c3)nn2C2CCCCC2)CC1. The molecular weight excluding hydrogens is 326 g/mol. The number of nitrogens with two attached hydrogens (primary N) is 1. The van der Waals surface area contributed by atoms with Crippen molar-refractivity contribution >= 4 is 5.91 Å². The molecule has 1 aromatic heterocycles. The number of hydrogen-bond acceptors (Lipinski definition) is 3. The van der Waals surface area contributed by atoms with E-state index >= 15 is 0 Å². The van der Waals surface area contributed by atoms with E-state index in [0.717, 1.165) is 37.8 Å². The van der Waals surface area contributed by atoms with Gasteiger partial charge < -0.3 is 5.73 Å². The van der Waals surface area contributed by atoms with Crippen LogP contribution in [0.2, 0.25) is 0 Å². The molecule has 0 saturated heterocycles. The Balaban J connectivity index is 1.80. The van der Waals surface area contributed by atoms with Crippen molar-refractivity contribution in [2.24, 2.45) is 5.73 Å². The van der Waals surface area contributed by atoms with Gasteiger partial charge in [0, 0.05) is 5.56 Å². The summed E-state index contributed by atoms with van der Waals surface area (Å²) in [5, 5.41) is 4.57. The number of carbonyl (C=O) groups excluding carboxylic acids is 1. The number of benzene rings is 1. The van der Waals surface area contributed by atoms with Gasteiger partial charge in [0.15, 0.2) is 17.5 Å². The van der Waals surface area contributed by atoms with E-state index in [1.54, 1.807) is 0 Å². The molecule has 2 aliphatic carbocycles. The van der Waals surface area contributed by atoms with E-state index in [1.807, 2.05) is 4.68 Å². The molecule has 2 fully saturated rings. The summed E-state index contributed by atoms with van der Waals surface area (Å²) in [4.78, 5) is 16.5. The molecule has 2 aliphatic rings. The minimum Gasteiger partial charge on any atom is -0.369 e. The minimum atomic E-state index is -0.941. The molecule has 2 saturated carbocycles. The highest BCUT2D eigenvalue weighted by atomic mass is 19.2. The van der Waals surface area contributed by atoms with Gasteiger partial charge in [0.2, 0.25) is 5.91 Å². The molecule has 0 spiro atoms. The van der Waals surface area contributed by atoms with Crippen molar-refractivity contribution in [2.75, 3.05) is 0 Å². The van der Waals surface area contributed by atoms with Crippen molar-refractivity contribution in [3.8, 4) is 11.4 Å². The quantitative estimate of drug-likeness (QED) is 0.923. The molecule has 5 nitrogen and oxygen atoms in total. The summed E-state index contributed by atoms with van der Waals surface area (Å²) in [5.41, 5.74) is 5.26. The van der Waals surface area contributed by atoms with Crippen molar-refractivity contribution in [3.05, 3.63) is 35.7 Å². The summed E-state index contributed by atoms with van der Waals surface area (Å²) < 4.78 is 28.6. The van der Waals surface area contributed by atoms with E-state index in [9.17, 15) is 13.6 Å². The van der Waals surface area contributed by atoms with Gasteiger partial charge in [-0.2, -0.15) is 5.10 Å². The third-order valence-corrected chi connectivity index (χ3v) is 5.38. The Labute approximate surface area is 144 Å². The van der Waals surface area contributed by atoms with Crippen LogP contribution in [0.1, 0.15) is 56.8 Å². The predicted molar refractivity (Wildman–Crippen MR) is 87.6 cm³/mol. The molecular formula is C18H20F2N4O.